The molecule has 1 aliphatic rings. The Bertz CT molecular complexity index is 973. The average Bonchev–Trinajstić information content (AvgIpc) is 3.12. The number of carboxylic acids is 1. The zero-order valence-corrected chi connectivity index (χ0v) is 13.8. The predicted octanol–water partition coefficient (Wildman–Crippen LogP) is 2.55. The molecule has 0 saturated carbocycles. The summed E-state index contributed by atoms with van der Waals surface area (Å²) in [4.78, 5) is 29.1. The van der Waals surface area contributed by atoms with Crippen molar-refractivity contribution in [1.29, 1.82) is 0 Å². The highest BCUT2D eigenvalue weighted by Gasteiger charge is 2.30. The summed E-state index contributed by atoms with van der Waals surface area (Å²) in [5.74, 6) is -1.19. The van der Waals surface area contributed by atoms with E-state index in [2.05, 4.69) is 10.3 Å². The van der Waals surface area contributed by atoms with Crippen LogP contribution in [0.25, 0.3) is 5.65 Å². The Morgan fingerprint density at radius 2 is 2.25 bits per heavy atom. The number of aromatic nitrogens is 2. The SMILES string of the molecule is Cc1ccn2c3c(nc2c1)CNC(=O)C[C@@H]3c1ccc(C(=O)O)s1. The Labute approximate surface area is 141 Å². The lowest BCUT2D eigenvalue weighted by Gasteiger charge is -2.13. The highest BCUT2D eigenvalue weighted by molar-refractivity contribution is 7.14. The van der Waals surface area contributed by atoms with E-state index in [1.807, 2.05) is 29.7 Å². The van der Waals surface area contributed by atoms with E-state index in [4.69, 9.17) is 0 Å². The number of aryl methyl sites for hydroxylation is 1. The van der Waals surface area contributed by atoms with Gasteiger partial charge >= 0.3 is 5.97 Å². The van der Waals surface area contributed by atoms with Gasteiger partial charge in [0, 0.05) is 23.4 Å². The van der Waals surface area contributed by atoms with E-state index < -0.39 is 5.97 Å². The van der Waals surface area contributed by atoms with Gasteiger partial charge in [0.25, 0.3) is 0 Å². The fourth-order valence-electron chi connectivity index (χ4n) is 3.14. The molecule has 6 nitrogen and oxygen atoms in total. The maximum atomic E-state index is 12.1. The lowest BCUT2D eigenvalue weighted by atomic mass is 9.98. The van der Waals surface area contributed by atoms with Gasteiger partial charge in [-0.3, -0.25) is 4.79 Å². The summed E-state index contributed by atoms with van der Waals surface area (Å²) in [5, 5.41) is 12.1. The van der Waals surface area contributed by atoms with Gasteiger partial charge in [-0.2, -0.15) is 0 Å². The number of pyridine rings is 1. The van der Waals surface area contributed by atoms with Crippen molar-refractivity contribution in [3.8, 4) is 0 Å². The van der Waals surface area contributed by atoms with Crippen LogP contribution in [0.3, 0.4) is 0 Å². The molecule has 24 heavy (non-hydrogen) atoms. The Morgan fingerprint density at radius 3 is 3.00 bits per heavy atom. The van der Waals surface area contributed by atoms with Gasteiger partial charge in [-0.05, 0) is 36.8 Å². The third-order valence-corrected chi connectivity index (χ3v) is 5.44. The molecular formula is C17H15N3O3S. The summed E-state index contributed by atoms with van der Waals surface area (Å²) in [7, 11) is 0. The first-order valence-corrected chi connectivity index (χ1v) is 8.42. The zero-order chi connectivity index (χ0) is 16.8. The van der Waals surface area contributed by atoms with Crippen LogP contribution in [0, 0.1) is 6.92 Å². The monoisotopic (exact) mass is 341 g/mol. The van der Waals surface area contributed by atoms with E-state index in [0.29, 0.717) is 6.54 Å². The normalized spacial score (nSPS) is 17.4. The highest BCUT2D eigenvalue weighted by Crippen LogP contribution is 2.36. The van der Waals surface area contributed by atoms with Crippen LogP contribution in [0.5, 0.6) is 0 Å². The van der Waals surface area contributed by atoms with E-state index in [-0.39, 0.29) is 23.1 Å². The molecule has 1 aliphatic heterocycles. The molecule has 122 valence electrons. The number of carbonyl (C=O) groups excluding carboxylic acids is 1. The number of hydrogen-bond acceptors (Lipinski definition) is 4. The Morgan fingerprint density at radius 1 is 1.42 bits per heavy atom. The van der Waals surface area contributed by atoms with Crippen molar-refractivity contribution in [2.75, 3.05) is 0 Å². The summed E-state index contributed by atoms with van der Waals surface area (Å²) < 4.78 is 2.01. The van der Waals surface area contributed by atoms with Crippen molar-refractivity contribution in [3.63, 3.8) is 0 Å². The quantitative estimate of drug-likeness (QED) is 0.750. The first-order valence-electron chi connectivity index (χ1n) is 7.60. The number of thiophene rings is 1. The molecule has 0 saturated heterocycles. The molecule has 2 N–H and O–H groups in total. The van der Waals surface area contributed by atoms with Gasteiger partial charge < -0.3 is 14.8 Å². The first kappa shape index (κ1) is 14.9. The van der Waals surface area contributed by atoms with Crippen LogP contribution < -0.4 is 5.32 Å². The fourth-order valence-corrected chi connectivity index (χ4v) is 4.09. The topological polar surface area (TPSA) is 83.7 Å². The molecule has 0 aromatic carbocycles. The number of rotatable bonds is 2. The summed E-state index contributed by atoms with van der Waals surface area (Å²) >= 11 is 1.22. The molecule has 0 aliphatic carbocycles. The van der Waals surface area contributed by atoms with Crippen LogP contribution in [-0.2, 0) is 11.3 Å². The van der Waals surface area contributed by atoms with E-state index in [0.717, 1.165) is 27.5 Å². The lowest BCUT2D eigenvalue weighted by Crippen LogP contribution is -2.21. The summed E-state index contributed by atoms with van der Waals surface area (Å²) in [6.07, 6.45) is 2.25. The van der Waals surface area contributed by atoms with Crippen molar-refractivity contribution in [2.24, 2.45) is 0 Å². The van der Waals surface area contributed by atoms with Gasteiger partial charge in [-0.25, -0.2) is 9.78 Å². The largest absolute Gasteiger partial charge is 0.477 e. The van der Waals surface area contributed by atoms with Gasteiger partial charge in [-0.15, -0.1) is 11.3 Å². The molecular weight excluding hydrogens is 326 g/mol. The molecule has 4 rings (SSSR count). The molecule has 0 unspecified atom stereocenters. The maximum Gasteiger partial charge on any atom is 0.345 e. The number of aromatic carboxylic acids is 1. The molecule has 7 heteroatoms. The second-order valence-electron chi connectivity index (χ2n) is 5.92. The van der Waals surface area contributed by atoms with Crippen molar-refractivity contribution in [3.05, 3.63) is 57.2 Å². The van der Waals surface area contributed by atoms with Gasteiger partial charge in [-0.1, -0.05) is 0 Å². The fraction of sp³-hybridized carbons (Fsp3) is 0.235. The second-order valence-corrected chi connectivity index (χ2v) is 7.03. The molecule has 4 heterocycles. The minimum Gasteiger partial charge on any atom is -0.477 e. The molecule has 3 aromatic heterocycles. The Kier molecular flexibility index (Phi) is 3.38. The predicted molar refractivity (Wildman–Crippen MR) is 89.5 cm³/mol. The summed E-state index contributed by atoms with van der Waals surface area (Å²) in [6.45, 7) is 2.40. The van der Waals surface area contributed by atoms with Gasteiger partial charge in [0.15, 0.2) is 0 Å². The summed E-state index contributed by atoms with van der Waals surface area (Å²) in [6, 6.07) is 7.40. The van der Waals surface area contributed by atoms with Crippen LogP contribution in [0.15, 0.2) is 30.5 Å². The molecule has 1 atom stereocenters. The number of nitrogens with zero attached hydrogens (tertiary/aromatic N) is 2. The van der Waals surface area contributed by atoms with E-state index in [9.17, 15) is 14.7 Å². The number of carbonyl (C=O) groups is 2. The molecule has 0 radical (unpaired) electrons. The smallest absolute Gasteiger partial charge is 0.345 e. The number of fused-ring (bicyclic) bond motifs is 3. The van der Waals surface area contributed by atoms with Crippen LogP contribution in [0.2, 0.25) is 0 Å². The molecule has 1 amide bonds. The Hall–Kier alpha value is -2.67. The number of carboxylic acid groups (broad SMARTS) is 1. The van der Waals surface area contributed by atoms with E-state index >= 15 is 0 Å². The minimum absolute atomic E-state index is 0.0517. The zero-order valence-electron chi connectivity index (χ0n) is 12.9. The minimum atomic E-state index is -0.946. The number of imidazole rings is 1. The molecule has 0 fully saturated rings. The molecule has 3 aromatic rings. The van der Waals surface area contributed by atoms with E-state index in [1.54, 1.807) is 12.1 Å². The molecule has 0 spiro atoms. The van der Waals surface area contributed by atoms with Crippen molar-refractivity contribution < 1.29 is 14.7 Å². The standard InChI is InChI=1S/C17H15N3O3S/c1-9-4-5-20-14(6-9)19-11-8-18-15(21)7-10(16(11)20)12-2-3-13(24-12)17(22)23/h2-6,10H,7-8H2,1H3,(H,18,21)(H,22,23)/t10-/m1/s1. The summed E-state index contributed by atoms with van der Waals surface area (Å²) in [5.41, 5.74) is 3.76. The van der Waals surface area contributed by atoms with Crippen molar-refractivity contribution in [2.45, 2.75) is 25.8 Å². The maximum absolute atomic E-state index is 12.1. The van der Waals surface area contributed by atoms with Crippen molar-refractivity contribution in [1.82, 2.24) is 14.7 Å². The highest BCUT2D eigenvalue weighted by atomic mass is 32.1. The first-order chi connectivity index (χ1) is 11.5. The van der Waals surface area contributed by atoms with Crippen molar-refractivity contribution >= 4 is 28.9 Å². The average molecular weight is 341 g/mol. The lowest BCUT2D eigenvalue weighted by molar-refractivity contribution is -0.121. The van der Waals surface area contributed by atoms with E-state index in [1.165, 1.54) is 11.3 Å². The van der Waals surface area contributed by atoms with Gasteiger partial charge in [0.1, 0.15) is 10.5 Å². The molecule has 0 bridgehead atoms. The van der Waals surface area contributed by atoms with Crippen LogP contribution in [0.1, 0.15) is 43.8 Å². The number of nitrogens with one attached hydrogen (secondary N) is 1. The number of amides is 1. The Balaban J connectivity index is 1.91. The second kappa shape index (κ2) is 5.45. The van der Waals surface area contributed by atoms with Crippen LogP contribution in [-0.4, -0.2) is 26.4 Å². The van der Waals surface area contributed by atoms with Gasteiger partial charge in [0.2, 0.25) is 5.91 Å². The number of hydrogen-bond donors (Lipinski definition) is 2. The van der Waals surface area contributed by atoms with Crippen LogP contribution >= 0.6 is 11.3 Å². The third kappa shape index (κ3) is 2.37. The third-order valence-electron chi connectivity index (χ3n) is 4.25. The van der Waals surface area contributed by atoms with Crippen LogP contribution in [0.4, 0.5) is 0 Å². The van der Waals surface area contributed by atoms with Gasteiger partial charge in [0.05, 0.1) is 17.9 Å².